The smallest absolute Gasteiger partial charge is 0.335 e. The highest BCUT2D eigenvalue weighted by molar-refractivity contribution is 7.94. The number of carbonyl (C=O) groups excluding carboxylic acids is 1. The van der Waals surface area contributed by atoms with Crippen molar-refractivity contribution in [2.45, 2.75) is 18.1 Å². The van der Waals surface area contributed by atoms with Gasteiger partial charge in [-0.1, -0.05) is 17.4 Å². The number of carbonyl (C=O) groups is 2. The first kappa shape index (κ1) is 17.9. The van der Waals surface area contributed by atoms with Crippen LogP contribution in [0, 0.1) is 6.92 Å². The van der Waals surface area contributed by atoms with E-state index in [1.807, 2.05) is 0 Å². The molecular weight excluding hydrogens is 354 g/mol. The van der Waals surface area contributed by atoms with Gasteiger partial charge >= 0.3 is 5.97 Å². The van der Waals surface area contributed by atoms with Crippen LogP contribution in [0.4, 0.5) is 10.8 Å². The van der Waals surface area contributed by atoms with Gasteiger partial charge < -0.3 is 10.4 Å². The minimum absolute atomic E-state index is 0.0190. The molecule has 2 N–H and O–H groups in total. The lowest BCUT2D eigenvalue weighted by Crippen LogP contribution is -2.26. The molecule has 0 saturated heterocycles. The zero-order valence-electron chi connectivity index (χ0n) is 13.1. The second kappa shape index (κ2) is 6.57. The SMILES string of the molecule is CC(=O)Nc1nc(C)c(S(=O)(=O)N(C)c2cccc(C(=O)O)c2)s1. The van der Waals surface area contributed by atoms with Crippen LogP contribution in [0.2, 0.25) is 0 Å². The van der Waals surface area contributed by atoms with Crippen LogP contribution in [0.3, 0.4) is 0 Å². The molecule has 2 aromatic rings. The van der Waals surface area contributed by atoms with E-state index in [9.17, 15) is 18.0 Å². The Hall–Kier alpha value is -2.46. The van der Waals surface area contributed by atoms with Gasteiger partial charge in [0.1, 0.15) is 0 Å². The van der Waals surface area contributed by atoms with Crippen LogP contribution >= 0.6 is 11.3 Å². The number of rotatable bonds is 5. The Morgan fingerprint density at radius 3 is 2.58 bits per heavy atom. The molecule has 1 heterocycles. The summed E-state index contributed by atoms with van der Waals surface area (Å²) in [5, 5.41) is 11.7. The van der Waals surface area contributed by atoms with E-state index in [0.29, 0.717) is 0 Å². The maximum absolute atomic E-state index is 12.8. The molecule has 1 aromatic heterocycles. The van der Waals surface area contributed by atoms with Gasteiger partial charge in [0.15, 0.2) is 9.34 Å². The van der Waals surface area contributed by atoms with Crippen LogP contribution in [0.25, 0.3) is 0 Å². The third kappa shape index (κ3) is 3.54. The van der Waals surface area contributed by atoms with E-state index in [2.05, 4.69) is 10.3 Å². The van der Waals surface area contributed by atoms with Crippen LogP contribution in [0.15, 0.2) is 28.5 Å². The first-order valence-electron chi connectivity index (χ1n) is 6.70. The molecular formula is C14H15N3O5S2. The highest BCUT2D eigenvalue weighted by Crippen LogP contribution is 2.31. The molecule has 2 rings (SSSR count). The first-order valence-corrected chi connectivity index (χ1v) is 8.96. The van der Waals surface area contributed by atoms with Crippen molar-refractivity contribution >= 4 is 44.1 Å². The number of carboxylic acid groups (broad SMARTS) is 1. The van der Waals surface area contributed by atoms with Gasteiger partial charge in [-0.05, 0) is 25.1 Å². The Balaban J connectivity index is 2.43. The molecule has 0 unspecified atom stereocenters. The average molecular weight is 369 g/mol. The number of aryl methyl sites for hydroxylation is 1. The van der Waals surface area contributed by atoms with Gasteiger partial charge in [0.2, 0.25) is 5.91 Å². The van der Waals surface area contributed by atoms with E-state index >= 15 is 0 Å². The van der Waals surface area contributed by atoms with Crippen LogP contribution in [-0.2, 0) is 14.8 Å². The predicted molar refractivity (Wildman–Crippen MR) is 90.1 cm³/mol. The Labute approximate surface area is 142 Å². The predicted octanol–water partition coefficient (Wildman–Crippen LogP) is 1.93. The molecule has 24 heavy (non-hydrogen) atoms. The van der Waals surface area contributed by atoms with Crippen molar-refractivity contribution in [1.82, 2.24) is 4.98 Å². The number of benzene rings is 1. The van der Waals surface area contributed by atoms with Crippen LogP contribution in [-0.4, -0.2) is 37.4 Å². The Bertz CT molecular complexity index is 905. The summed E-state index contributed by atoms with van der Waals surface area (Å²) in [4.78, 5) is 26.1. The van der Waals surface area contributed by atoms with Crippen molar-refractivity contribution in [1.29, 1.82) is 0 Å². The summed E-state index contributed by atoms with van der Waals surface area (Å²) in [5.41, 5.74) is 0.447. The maximum Gasteiger partial charge on any atom is 0.335 e. The number of hydrogen-bond acceptors (Lipinski definition) is 6. The summed E-state index contributed by atoms with van der Waals surface area (Å²) in [7, 11) is -2.61. The second-order valence-corrected chi connectivity index (χ2v) is 8.06. The van der Waals surface area contributed by atoms with E-state index in [0.717, 1.165) is 15.6 Å². The number of nitrogens with one attached hydrogen (secondary N) is 1. The summed E-state index contributed by atoms with van der Waals surface area (Å²) in [6, 6.07) is 5.60. The largest absolute Gasteiger partial charge is 0.478 e. The van der Waals surface area contributed by atoms with E-state index in [1.54, 1.807) is 0 Å². The number of aromatic nitrogens is 1. The van der Waals surface area contributed by atoms with Crippen molar-refractivity contribution in [3.63, 3.8) is 0 Å². The van der Waals surface area contributed by atoms with Crippen molar-refractivity contribution in [3.8, 4) is 0 Å². The van der Waals surface area contributed by atoms with Gasteiger partial charge in [0.05, 0.1) is 16.9 Å². The van der Waals surface area contributed by atoms with Crippen LogP contribution < -0.4 is 9.62 Å². The van der Waals surface area contributed by atoms with Gasteiger partial charge in [-0.2, -0.15) is 0 Å². The number of hydrogen-bond donors (Lipinski definition) is 2. The van der Waals surface area contributed by atoms with Gasteiger partial charge in [0.25, 0.3) is 10.0 Å². The molecule has 1 aromatic carbocycles. The fourth-order valence-electron chi connectivity index (χ4n) is 1.92. The number of aromatic carboxylic acids is 1. The number of carboxylic acids is 1. The molecule has 0 aliphatic carbocycles. The van der Waals surface area contributed by atoms with Crippen molar-refractivity contribution in [2.75, 3.05) is 16.7 Å². The molecule has 0 atom stereocenters. The molecule has 8 nitrogen and oxygen atoms in total. The average Bonchev–Trinajstić information content (AvgIpc) is 2.87. The first-order chi connectivity index (χ1) is 11.1. The molecule has 0 aliphatic rings. The third-order valence-electron chi connectivity index (χ3n) is 3.09. The molecule has 0 aliphatic heterocycles. The van der Waals surface area contributed by atoms with Gasteiger partial charge in [0, 0.05) is 14.0 Å². The molecule has 1 amide bonds. The van der Waals surface area contributed by atoms with Gasteiger partial charge in [-0.3, -0.25) is 9.10 Å². The van der Waals surface area contributed by atoms with Gasteiger partial charge in [-0.15, -0.1) is 0 Å². The van der Waals surface area contributed by atoms with Crippen molar-refractivity contribution in [2.24, 2.45) is 0 Å². The third-order valence-corrected chi connectivity index (χ3v) is 6.53. The second-order valence-electron chi connectivity index (χ2n) is 4.90. The lowest BCUT2D eigenvalue weighted by Gasteiger charge is -2.19. The molecule has 10 heteroatoms. The fourth-order valence-corrected chi connectivity index (χ4v) is 4.72. The number of amides is 1. The number of nitrogens with zero attached hydrogens (tertiary/aromatic N) is 2. The quantitative estimate of drug-likeness (QED) is 0.832. The summed E-state index contributed by atoms with van der Waals surface area (Å²) in [6.07, 6.45) is 0. The molecule has 0 bridgehead atoms. The van der Waals surface area contributed by atoms with Crippen LogP contribution in [0.1, 0.15) is 23.0 Å². The highest BCUT2D eigenvalue weighted by Gasteiger charge is 2.27. The minimum atomic E-state index is -3.94. The monoisotopic (exact) mass is 369 g/mol. The number of sulfonamides is 1. The van der Waals surface area contributed by atoms with E-state index < -0.39 is 16.0 Å². The topological polar surface area (TPSA) is 117 Å². The van der Waals surface area contributed by atoms with Crippen molar-refractivity contribution in [3.05, 3.63) is 35.5 Å². The molecule has 128 valence electrons. The minimum Gasteiger partial charge on any atom is -0.478 e. The molecule has 0 radical (unpaired) electrons. The van der Waals surface area contributed by atoms with Crippen molar-refractivity contribution < 1.29 is 23.1 Å². The summed E-state index contributed by atoms with van der Waals surface area (Å²) >= 11 is 0.839. The van der Waals surface area contributed by atoms with E-state index in [1.165, 1.54) is 45.2 Å². The Kier molecular flexibility index (Phi) is 4.90. The fraction of sp³-hybridized carbons (Fsp3) is 0.214. The molecule has 0 saturated carbocycles. The van der Waals surface area contributed by atoms with E-state index in [4.69, 9.17) is 5.11 Å². The maximum atomic E-state index is 12.8. The lowest BCUT2D eigenvalue weighted by molar-refractivity contribution is -0.114. The van der Waals surface area contributed by atoms with Crippen LogP contribution in [0.5, 0.6) is 0 Å². The highest BCUT2D eigenvalue weighted by atomic mass is 32.2. The number of anilines is 2. The van der Waals surface area contributed by atoms with Gasteiger partial charge in [-0.25, -0.2) is 18.2 Å². The summed E-state index contributed by atoms with van der Waals surface area (Å²) in [6.45, 7) is 2.82. The molecule has 0 spiro atoms. The normalized spacial score (nSPS) is 11.1. The Morgan fingerprint density at radius 2 is 2.00 bits per heavy atom. The zero-order chi connectivity index (χ0) is 18.1. The number of thiazole rings is 1. The summed E-state index contributed by atoms with van der Waals surface area (Å²) < 4.78 is 26.5. The standard InChI is InChI=1S/C14H15N3O5S2/c1-8-13(23-14(15-8)16-9(2)18)24(21,22)17(3)11-6-4-5-10(7-11)12(19)20/h4-7H,1-3H3,(H,19,20)(H,15,16,18). The van der Waals surface area contributed by atoms with E-state index in [-0.39, 0.29) is 32.2 Å². The molecule has 0 fully saturated rings. The zero-order valence-corrected chi connectivity index (χ0v) is 14.7. The summed E-state index contributed by atoms with van der Waals surface area (Å²) in [5.74, 6) is -1.50. The lowest BCUT2D eigenvalue weighted by atomic mass is 10.2. The Morgan fingerprint density at radius 1 is 1.33 bits per heavy atom.